The standard InChI is InChI=1S/C17H15NOS/c1-2-18-17(19)15-13-10-6-7-11-14(13)20-16(15)12-8-4-3-5-9-12/h3-11H,2H2,1H3,(H,18,19). The maximum Gasteiger partial charge on any atom is 0.253 e. The Balaban J connectivity index is 2.25. The van der Waals surface area contributed by atoms with Gasteiger partial charge in [0, 0.05) is 21.5 Å². The highest BCUT2D eigenvalue weighted by atomic mass is 32.1. The molecular formula is C17H15NOS. The van der Waals surface area contributed by atoms with E-state index in [1.165, 1.54) is 0 Å². The third-order valence-corrected chi connectivity index (χ3v) is 4.42. The summed E-state index contributed by atoms with van der Waals surface area (Å²) >= 11 is 1.67. The number of carbonyl (C=O) groups is 1. The second-order valence-electron chi connectivity index (χ2n) is 4.53. The second kappa shape index (κ2) is 5.47. The van der Waals surface area contributed by atoms with Crippen LogP contribution in [0.1, 0.15) is 17.3 Å². The molecule has 0 bridgehead atoms. The molecule has 0 atom stereocenters. The van der Waals surface area contributed by atoms with Gasteiger partial charge in [-0.25, -0.2) is 0 Å². The van der Waals surface area contributed by atoms with Crippen LogP contribution in [0.3, 0.4) is 0 Å². The number of rotatable bonds is 3. The monoisotopic (exact) mass is 281 g/mol. The summed E-state index contributed by atoms with van der Waals surface area (Å²) in [5, 5.41) is 3.95. The number of fused-ring (bicyclic) bond motifs is 1. The first-order valence-corrected chi connectivity index (χ1v) is 7.48. The molecule has 3 heteroatoms. The van der Waals surface area contributed by atoms with Crippen LogP contribution in [0, 0.1) is 0 Å². The summed E-state index contributed by atoms with van der Waals surface area (Å²) in [6.45, 7) is 2.58. The van der Waals surface area contributed by atoms with Crippen LogP contribution in [0.4, 0.5) is 0 Å². The van der Waals surface area contributed by atoms with Gasteiger partial charge in [-0.05, 0) is 18.6 Å². The van der Waals surface area contributed by atoms with Crippen molar-refractivity contribution in [2.75, 3.05) is 6.54 Å². The van der Waals surface area contributed by atoms with Gasteiger partial charge in [0.15, 0.2) is 0 Å². The van der Waals surface area contributed by atoms with Gasteiger partial charge in [0.2, 0.25) is 0 Å². The molecule has 0 aliphatic carbocycles. The summed E-state index contributed by atoms with van der Waals surface area (Å²) in [6.07, 6.45) is 0. The number of thiophene rings is 1. The van der Waals surface area contributed by atoms with Gasteiger partial charge in [-0.3, -0.25) is 4.79 Å². The molecule has 0 aliphatic rings. The third kappa shape index (κ3) is 2.21. The zero-order chi connectivity index (χ0) is 13.9. The normalized spacial score (nSPS) is 10.7. The molecule has 1 aromatic heterocycles. The van der Waals surface area contributed by atoms with Crippen LogP contribution in [0.5, 0.6) is 0 Å². The molecule has 0 radical (unpaired) electrons. The van der Waals surface area contributed by atoms with Gasteiger partial charge in [-0.1, -0.05) is 48.5 Å². The van der Waals surface area contributed by atoms with Crippen molar-refractivity contribution in [3.63, 3.8) is 0 Å². The lowest BCUT2D eigenvalue weighted by Crippen LogP contribution is -2.22. The molecule has 1 amide bonds. The zero-order valence-electron chi connectivity index (χ0n) is 11.2. The highest BCUT2D eigenvalue weighted by molar-refractivity contribution is 7.22. The third-order valence-electron chi connectivity index (χ3n) is 3.20. The Kier molecular flexibility index (Phi) is 3.52. The zero-order valence-corrected chi connectivity index (χ0v) is 12.0. The summed E-state index contributed by atoms with van der Waals surface area (Å²) < 4.78 is 1.15. The van der Waals surface area contributed by atoms with E-state index in [-0.39, 0.29) is 5.91 Å². The van der Waals surface area contributed by atoms with E-state index in [1.807, 2.05) is 55.5 Å². The molecule has 3 rings (SSSR count). The van der Waals surface area contributed by atoms with Crippen molar-refractivity contribution >= 4 is 27.3 Å². The molecule has 0 unspecified atom stereocenters. The quantitative estimate of drug-likeness (QED) is 0.761. The van der Waals surface area contributed by atoms with Crippen molar-refractivity contribution in [3.8, 4) is 10.4 Å². The smallest absolute Gasteiger partial charge is 0.253 e. The summed E-state index contributed by atoms with van der Waals surface area (Å²) in [5.74, 6) is 0.00352. The van der Waals surface area contributed by atoms with E-state index in [1.54, 1.807) is 11.3 Å². The van der Waals surface area contributed by atoms with Gasteiger partial charge in [0.25, 0.3) is 5.91 Å². The average molecular weight is 281 g/mol. The SMILES string of the molecule is CCNC(=O)c1c(-c2ccccc2)sc2ccccc12. The highest BCUT2D eigenvalue weighted by Gasteiger charge is 2.19. The number of hydrogen-bond acceptors (Lipinski definition) is 2. The van der Waals surface area contributed by atoms with Gasteiger partial charge >= 0.3 is 0 Å². The molecule has 1 N–H and O–H groups in total. The molecule has 0 fully saturated rings. The molecule has 0 saturated heterocycles. The number of benzene rings is 2. The van der Waals surface area contributed by atoms with E-state index >= 15 is 0 Å². The number of hydrogen-bond donors (Lipinski definition) is 1. The van der Waals surface area contributed by atoms with Crippen LogP contribution < -0.4 is 5.32 Å². The minimum atomic E-state index is 0.00352. The molecule has 2 aromatic carbocycles. The fourth-order valence-corrected chi connectivity index (χ4v) is 3.52. The highest BCUT2D eigenvalue weighted by Crippen LogP contribution is 2.38. The summed E-state index contributed by atoms with van der Waals surface area (Å²) in [5.41, 5.74) is 1.88. The first kappa shape index (κ1) is 12.9. The van der Waals surface area contributed by atoms with Crippen molar-refractivity contribution in [1.29, 1.82) is 0 Å². The summed E-state index contributed by atoms with van der Waals surface area (Å²) in [4.78, 5) is 13.4. The fourth-order valence-electron chi connectivity index (χ4n) is 2.31. The molecule has 0 saturated carbocycles. The Labute approximate surface area is 122 Å². The van der Waals surface area contributed by atoms with Crippen molar-refractivity contribution < 1.29 is 4.79 Å². The van der Waals surface area contributed by atoms with Crippen LogP contribution in [-0.2, 0) is 0 Å². The van der Waals surface area contributed by atoms with E-state index in [9.17, 15) is 4.79 Å². The lowest BCUT2D eigenvalue weighted by molar-refractivity contribution is 0.0958. The molecular weight excluding hydrogens is 266 g/mol. The minimum absolute atomic E-state index is 0.00352. The van der Waals surface area contributed by atoms with Gasteiger partial charge in [-0.2, -0.15) is 0 Å². The molecule has 0 aliphatic heterocycles. The van der Waals surface area contributed by atoms with E-state index in [0.717, 1.165) is 26.1 Å². The van der Waals surface area contributed by atoms with Crippen molar-refractivity contribution in [2.45, 2.75) is 6.92 Å². The number of carbonyl (C=O) groups excluding carboxylic acids is 1. The average Bonchev–Trinajstić information content (AvgIpc) is 2.88. The van der Waals surface area contributed by atoms with Crippen LogP contribution in [0.15, 0.2) is 54.6 Å². The van der Waals surface area contributed by atoms with Gasteiger partial charge in [-0.15, -0.1) is 11.3 Å². The number of amides is 1. The van der Waals surface area contributed by atoms with E-state index in [4.69, 9.17) is 0 Å². The predicted molar refractivity (Wildman–Crippen MR) is 85.3 cm³/mol. The van der Waals surface area contributed by atoms with Crippen molar-refractivity contribution in [3.05, 3.63) is 60.2 Å². The topological polar surface area (TPSA) is 29.1 Å². The lowest BCUT2D eigenvalue weighted by atomic mass is 10.1. The van der Waals surface area contributed by atoms with Crippen LogP contribution in [0.25, 0.3) is 20.5 Å². The van der Waals surface area contributed by atoms with Crippen LogP contribution in [0.2, 0.25) is 0 Å². The number of nitrogens with one attached hydrogen (secondary N) is 1. The molecule has 2 nitrogen and oxygen atoms in total. The summed E-state index contributed by atoms with van der Waals surface area (Å²) in [6, 6.07) is 18.2. The first-order chi connectivity index (χ1) is 9.81. The van der Waals surface area contributed by atoms with E-state index in [0.29, 0.717) is 6.54 Å². The Morgan fingerprint density at radius 3 is 2.50 bits per heavy atom. The Bertz CT molecular complexity index is 746. The summed E-state index contributed by atoms with van der Waals surface area (Å²) in [7, 11) is 0. The van der Waals surface area contributed by atoms with Gasteiger partial charge in [0.05, 0.1) is 5.56 Å². The predicted octanol–water partition coefficient (Wildman–Crippen LogP) is 4.32. The Hall–Kier alpha value is -2.13. The van der Waals surface area contributed by atoms with Crippen molar-refractivity contribution in [1.82, 2.24) is 5.32 Å². The second-order valence-corrected chi connectivity index (χ2v) is 5.58. The maximum atomic E-state index is 12.4. The fraction of sp³-hybridized carbons (Fsp3) is 0.118. The van der Waals surface area contributed by atoms with Gasteiger partial charge in [0.1, 0.15) is 0 Å². The lowest BCUT2D eigenvalue weighted by Gasteiger charge is -2.05. The molecule has 100 valence electrons. The van der Waals surface area contributed by atoms with Crippen LogP contribution in [-0.4, -0.2) is 12.5 Å². The van der Waals surface area contributed by atoms with Gasteiger partial charge < -0.3 is 5.32 Å². The van der Waals surface area contributed by atoms with Crippen molar-refractivity contribution in [2.24, 2.45) is 0 Å². The maximum absolute atomic E-state index is 12.4. The Morgan fingerprint density at radius 2 is 1.75 bits per heavy atom. The largest absolute Gasteiger partial charge is 0.352 e. The minimum Gasteiger partial charge on any atom is -0.352 e. The molecule has 0 spiro atoms. The Morgan fingerprint density at radius 1 is 1.05 bits per heavy atom. The van der Waals surface area contributed by atoms with Crippen LogP contribution >= 0.6 is 11.3 Å². The van der Waals surface area contributed by atoms with E-state index in [2.05, 4.69) is 11.4 Å². The first-order valence-electron chi connectivity index (χ1n) is 6.66. The molecule has 20 heavy (non-hydrogen) atoms. The molecule has 3 aromatic rings. The van der Waals surface area contributed by atoms with E-state index < -0.39 is 0 Å². The molecule has 1 heterocycles.